The average Bonchev–Trinajstić information content (AvgIpc) is 2.98. The summed E-state index contributed by atoms with van der Waals surface area (Å²) in [5.41, 5.74) is 1.30. The van der Waals surface area contributed by atoms with E-state index in [4.69, 9.17) is 14.2 Å². The highest BCUT2D eigenvalue weighted by atomic mass is 16.5. The van der Waals surface area contributed by atoms with Gasteiger partial charge < -0.3 is 14.2 Å². The molecule has 0 bridgehead atoms. The molecule has 0 amide bonds. The van der Waals surface area contributed by atoms with Crippen molar-refractivity contribution in [2.75, 3.05) is 39.5 Å². The van der Waals surface area contributed by atoms with Gasteiger partial charge in [-0.15, -0.1) is 0 Å². The molecular weight excluding hydrogens is 306 g/mol. The van der Waals surface area contributed by atoms with Gasteiger partial charge in [0.05, 0.1) is 17.9 Å². The van der Waals surface area contributed by atoms with Gasteiger partial charge in [-0.1, -0.05) is 0 Å². The molecule has 3 aliphatic heterocycles. The molecule has 1 atom stereocenters. The van der Waals surface area contributed by atoms with E-state index < -0.39 is 0 Å². The molecule has 4 heterocycles. The number of rotatable bonds is 5. The number of hydrogen-bond donors (Lipinski definition) is 0. The highest BCUT2D eigenvalue weighted by molar-refractivity contribution is 5.08. The first-order valence-electron chi connectivity index (χ1n) is 9.24. The van der Waals surface area contributed by atoms with Crippen molar-refractivity contribution in [2.45, 2.75) is 43.9 Å². The van der Waals surface area contributed by atoms with E-state index in [-0.39, 0.29) is 5.60 Å². The molecule has 3 saturated heterocycles. The minimum atomic E-state index is 0.0286. The van der Waals surface area contributed by atoms with Crippen LogP contribution in [0.2, 0.25) is 0 Å². The average molecular weight is 335 g/mol. The summed E-state index contributed by atoms with van der Waals surface area (Å²) >= 11 is 0. The Morgan fingerprint density at radius 1 is 1.25 bits per heavy atom. The van der Waals surface area contributed by atoms with Crippen molar-refractivity contribution in [1.29, 1.82) is 0 Å². The van der Waals surface area contributed by atoms with E-state index in [9.17, 15) is 0 Å². The topological polar surface area (TPSA) is 48.8 Å². The number of aromatic nitrogens is 2. The number of ether oxygens (including phenoxy) is 3. The predicted molar refractivity (Wildman–Crippen MR) is 89.7 cm³/mol. The van der Waals surface area contributed by atoms with Crippen LogP contribution < -0.4 is 0 Å². The molecule has 0 unspecified atom stereocenters. The van der Waals surface area contributed by atoms with Crippen molar-refractivity contribution in [2.24, 2.45) is 13.0 Å². The molecule has 1 spiro atoms. The first-order valence-corrected chi connectivity index (χ1v) is 9.24. The second kappa shape index (κ2) is 7.12. The Hall–Kier alpha value is -0.950. The van der Waals surface area contributed by atoms with Gasteiger partial charge in [0.1, 0.15) is 0 Å². The Morgan fingerprint density at radius 3 is 2.83 bits per heavy atom. The third-order valence-corrected chi connectivity index (χ3v) is 5.54. The molecule has 4 rings (SSSR count). The lowest BCUT2D eigenvalue weighted by Crippen LogP contribution is -2.65. The Labute approximate surface area is 144 Å². The summed E-state index contributed by atoms with van der Waals surface area (Å²) in [4.78, 5) is 2.44. The zero-order chi connectivity index (χ0) is 16.4. The fourth-order valence-corrected chi connectivity index (χ4v) is 4.22. The molecule has 6 nitrogen and oxygen atoms in total. The molecule has 0 radical (unpaired) electrons. The van der Waals surface area contributed by atoms with Gasteiger partial charge >= 0.3 is 0 Å². The standard InChI is InChI=1S/C18H29N3O3/c1-20-10-16(9-19-20)11-21-13-18(14-21)8-17(4-7-24-18)23-12-15-2-5-22-6-3-15/h9-10,15,17H,2-8,11-14H2,1H3/t17-/m1/s1. The summed E-state index contributed by atoms with van der Waals surface area (Å²) in [5.74, 6) is 0.681. The van der Waals surface area contributed by atoms with Gasteiger partial charge in [-0.2, -0.15) is 5.10 Å². The second-order valence-corrected chi connectivity index (χ2v) is 7.70. The molecule has 1 aromatic rings. The van der Waals surface area contributed by atoms with Crippen molar-refractivity contribution in [3.63, 3.8) is 0 Å². The molecule has 24 heavy (non-hydrogen) atoms. The lowest BCUT2D eigenvalue weighted by atomic mass is 9.84. The van der Waals surface area contributed by atoms with Gasteiger partial charge in [-0.25, -0.2) is 0 Å². The summed E-state index contributed by atoms with van der Waals surface area (Å²) < 4.78 is 19.7. The first-order chi connectivity index (χ1) is 11.7. The molecule has 6 heteroatoms. The van der Waals surface area contributed by atoms with E-state index in [0.717, 1.165) is 71.7 Å². The monoisotopic (exact) mass is 335 g/mol. The van der Waals surface area contributed by atoms with Crippen molar-refractivity contribution in [1.82, 2.24) is 14.7 Å². The van der Waals surface area contributed by atoms with Crippen molar-refractivity contribution < 1.29 is 14.2 Å². The minimum absolute atomic E-state index is 0.0286. The lowest BCUT2D eigenvalue weighted by Gasteiger charge is -2.53. The Kier molecular flexibility index (Phi) is 4.90. The van der Waals surface area contributed by atoms with Crippen LogP contribution in [0.4, 0.5) is 0 Å². The van der Waals surface area contributed by atoms with Crippen molar-refractivity contribution >= 4 is 0 Å². The Bertz CT molecular complexity index is 535. The maximum atomic E-state index is 6.24. The summed E-state index contributed by atoms with van der Waals surface area (Å²) in [6.45, 7) is 6.51. The van der Waals surface area contributed by atoms with Crippen LogP contribution in [0.25, 0.3) is 0 Å². The van der Waals surface area contributed by atoms with Crippen LogP contribution in [0, 0.1) is 5.92 Å². The molecule has 0 aromatic carbocycles. The highest BCUT2D eigenvalue weighted by Crippen LogP contribution is 2.36. The molecule has 0 N–H and O–H groups in total. The van der Waals surface area contributed by atoms with Crippen LogP contribution in [0.15, 0.2) is 12.4 Å². The lowest BCUT2D eigenvalue weighted by molar-refractivity contribution is -0.201. The Morgan fingerprint density at radius 2 is 2.08 bits per heavy atom. The molecule has 134 valence electrons. The van der Waals surface area contributed by atoms with E-state index >= 15 is 0 Å². The van der Waals surface area contributed by atoms with Gasteiger partial charge in [-0.05, 0) is 25.2 Å². The van der Waals surface area contributed by atoms with Crippen LogP contribution in [-0.2, 0) is 27.8 Å². The van der Waals surface area contributed by atoms with Crippen molar-refractivity contribution in [3.8, 4) is 0 Å². The summed E-state index contributed by atoms with van der Waals surface area (Å²) in [7, 11) is 1.96. The van der Waals surface area contributed by atoms with E-state index in [1.807, 2.05) is 17.9 Å². The van der Waals surface area contributed by atoms with E-state index in [1.165, 1.54) is 5.56 Å². The maximum absolute atomic E-state index is 6.24. The third kappa shape index (κ3) is 3.82. The van der Waals surface area contributed by atoms with Gasteiger partial charge in [0.2, 0.25) is 0 Å². The smallest absolute Gasteiger partial charge is 0.0959 e. The summed E-state index contributed by atoms with van der Waals surface area (Å²) in [5, 5.41) is 4.24. The van der Waals surface area contributed by atoms with Crippen LogP contribution in [0.5, 0.6) is 0 Å². The van der Waals surface area contributed by atoms with Crippen LogP contribution in [0.3, 0.4) is 0 Å². The number of likely N-dealkylation sites (tertiary alicyclic amines) is 1. The Balaban J connectivity index is 1.22. The normalized spacial score (nSPS) is 28.1. The molecular formula is C18H29N3O3. The zero-order valence-electron chi connectivity index (χ0n) is 14.7. The minimum Gasteiger partial charge on any atom is -0.381 e. The first kappa shape index (κ1) is 16.5. The molecule has 3 fully saturated rings. The third-order valence-electron chi connectivity index (χ3n) is 5.54. The van der Waals surface area contributed by atoms with Crippen LogP contribution >= 0.6 is 0 Å². The van der Waals surface area contributed by atoms with Gasteiger partial charge in [0.15, 0.2) is 0 Å². The largest absolute Gasteiger partial charge is 0.381 e. The van der Waals surface area contributed by atoms with E-state index in [0.29, 0.717) is 12.0 Å². The highest BCUT2D eigenvalue weighted by Gasteiger charge is 2.47. The SMILES string of the molecule is Cn1cc(CN2CC3(C[C@H](OCC4CCOCC4)CCO3)C2)cn1. The van der Waals surface area contributed by atoms with E-state index in [1.54, 1.807) is 0 Å². The zero-order valence-corrected chi connectivity index (χ0v) is 14.7. The molecule has 0 saturated carbocycles. The van der Waals surface area contributed by atoms with Gasteiger partial charge in [0.25, 0.3) is 0 Å². The van der Waals surface area contributed by atoms with Crippen LogP contribution in [0.1, 0.15) is 31.2 Å². The van der Waals surface area contributed by atoms with Crippen LogP contribution in [-0.4, -0.2) is 65.9 Å². The summed E-state index contributed by atoms with van der Waals surface area (Å²) in [6.07, 6.45) is 8.77. The molecule has 1 aromatic heterocycles. The number of hydrogen-bond acceptors (Lipinski definition) is 5. The van der Waals surface area contributed by atoms with E-state index in [2.05, 4.69) is 16.2 Å². The second-order valence-electron chi connectivity index (χ2n) is 7.70. The fraction of sp³-hybridized carbons (Fsp3) is 0.833. The summed E-state index contributed by atoms with van der Waals surface area (Å²) in [6, 6.07) is 0. The maximum Gasteiger partial charge on any atom is 0.0959 e. The molecule has 3 aliphatic rings. The number of aryl methyl sites for hydroxylation is 1. The predicted octanol–water partition coefficient (Wildman–Crippen LogP) is 1.60. The van der Waals surface area contributed by atoms with Gasteiger partial charge in [-0.3, -0.25) is 9.58 Å². The van der Waals surface area contributed by atoms with Gasteiger partial charge in [0, 0.05) is 71.3 Å². The quantitative estimate of drug-likeness (QED) is 0.818. The molecule has 0 aliphatic carbocycles. The number of nitrogens with zero attached hydrogens (tertiary/aromatic N) is 3. The van der Waals surface area contributed by atoms with Crippen molar-refractivity contribution in [3.05, 3.63) is 18.0 Å². The fourth-order valence-electron chi connectivity index (χ4n) is 4.22.